The number of aromatic nitrogens is 9. The number of aryl methyl sites for hydroxylation is 10. The molecule has 14 nitrogen and oxygen atoms in total. The molecule has 0 aliphatic carbocycles. The number of ether oxygens (including phenoxy) is 2. The summed E-state index contributed by atoms with van der Waals surface area (Å²) in [4.78, 5) is 25.5. The van der Waals surface area contributed by atoms with Crippen LogP contribution in [0.15, 0.2) is 176 Å². The number of imidazole rings is 1. The molecule has 13 aromatic rings. The van der Waals surface area contributed by atoms with Crippen molar-refractivity contribution < 1.29 is 27.4 Å². The van der Waals surface area contributed by atoms with Crippen LogP contribution in [0.5, 0.6) is 11.5 Å². The van der Waals surface area contributed by atoms with Crippen LogP contribution in [0, 0.1) is 62.3 Å². The smallest absolute Gasteiger partial charge is 0.433 e. The van der Waals surface area contributed by atoms with Gasteiger partial charge in [0.15, 0.2) is 11.5 Å². The lowest BCUT2D eigenvalue weighted by Crippen LogP contribution is -2.11. The normalized spacial score (nSPS) is 12.2. The van der Waals surface area contributed by atoms with Gasteiger partial charge in [-0.1, -0.05) is 94.5 Å². The van der Waals surface area contributed by atoms with Gasteiger partial charge in [-0.3, -0.25) is 14.9 Å². The second-order valence-electron chi connectivity index (χ2n) is 22.0. The van der Waals surface area contributed by atoms with Gasteiger partial charge in [-0.2, -0.15) is 33.7 Å². The van der Waals surface area contributed by atoms with Gasteiger partial charge in [-0.05, 0) is 205 Å². The molecule has 8 heterocycles. The first-order chi connectivity index (χ1) is 42.3. The largest absolute Gasteiger partial charge is 0.454 e. The van der Waals surface area contributed by atoms with E-state index in [-0.39, 0.29) is 11.3 Å². The van der Waals surface area contributed by atoms with Gasteiger partial charge in [0.25, 0.3) is 0 Å². The highest BCUT2D eigenvalue weighted by molar-refractivity contribution is 5.99. The summed E-state index contributed by atoms with van der Waals surface area (Å²) in [5.74, 6) is 1.82. The molecule has 17 heteroatoms. The first-order valence-corrected chi connectivity index (χ1v) is 29.0. The molecule has 3 aliphatic rings. The maximum Gasteiger partial charge on any atom is 0.433 e. The Bertz CT molecular complexity index is 4410. The average molecular weight is 1180 g/mol. The summed E-state index contributed by atoms with van der Waals surface area (Å²) >= 11 is 0. The Balaban J connectivity index is 0.000000120. The molecule has 6 N–H and O–H groups in total. The summed E-state index contributed by atoms with van der Waals surface area (Å²) in [5.41, 5.74) is 21.8. The Kier molecular flexibility index (Phi) is 20.3. The number of alkyl halides is 3. The van der Waals surface area contributed by atoms with Gasteiger partial charge in [0.1, 0.15) is 16.7 Å². The number of benzene rings is 8. The number of aromatic amines is 4. The van der Waals surface area contributed by atoms with Crippen LogP contribution in [0.2, 0.25) is 0 Å². The zero-order valence-electron chi connectivity index (χ0n) is 50.9. The minimum atomic E-state index is -4.37. The highest BCUT2D eigenvalue weighted by atomic mass is 19.4. The molecule has 0 atom stereocenters. The third kappa shape index (κ3) is 17.0. The molecule has 5 aromatic heterocycles. The van der Waals surface area contributed by atoms with Crippen molar-refractivity contribution in [1.82, 2.24) is 45.5 Å². The zero-order chi connectivity index (χ0) is 62.3. The molecule has 0 unspecified atom stereocenters. The number of pyridine rings is 1. The van der Waals surface area contributed by atoms with Crippen molar-refractivity contribution in [3.05, 3.63) is 243 Å². The van der Waals surface area contributed by atoms with Crippen LogP contribution in [0.1, 0.15) is 73.3 Å². The number of hydrogen-bond acceptors (Lipinski definition) is 9. The van der Waals surface area contributed by atoms with E-state index in [0.717, 1.165) is 62.4 Å². The second-order valence-corrected chi connectivity index (χ2v) is 22.0. The van der Waals surface area contributed by atoms with Crippen molar-refractivity contribution in [3.63, 3.8) is 0 Å². The molecule has 1 amide bonds. The Morgan fingerprint density at radius 2 is 1.14 bits per heavy atom. The number of anilines is 2. The number of rotatable bonds is 0. The molecule has 88 heavy (non-hydrogen) atoms. The number of H-pyrrole nitrogens is 4. The number of carbonyl (C=O) groups excluding carboxylic acids is 1. The van der Waals surface area contributed by atoms with Crippen LogP contribution in [-0.2, 0) is 23.8 Å². The van der Waals surface area contributed by atoms with Gasteiger partial charge in [0.2, 0.25) is 12.7 Å². The van der Waals surface area contributed by atoms with E-state index in [2.05, 4.69) is 152 Å². The third-order valence-electron chi connectivity index (χ3n) is 14.4. The standard InChI is InChI=1S/C10H11N.C10H13N.C10H9N.C9H7F3N2.C9H9NO.C8H8N2.C8H8O2.C7H7N3/c1-7-5-8(2)10-9(6-7)3-4-11-10;2*1-8-4-5-10-9(7-8)3-2-6-11-10;1-5-2-3-7-6(4-5)8(14-13-7)9(10,11)12;1-6-2-3-8-7(4-6)5-9(11)10-8;2*1-6-2-3-7-8(4-6)10-5-9-7;1-5-2-3-6-7(4-5)9-10-8-6/h3-6,11H,1-2H3;4-5,7,11H,2-3,6H2,1H3;2-7H,1H3;2-4H,1H3,(H,13,14);2-4H,5H2,1H3,(H,10,11);2-5H,1H3,(H,9,10);2-4H,5H2,1H3;2-4H,1H3,(H,8,9,10). The summed E-state index contributed by atoms with van der Waals surface area (Å²) in [5, 5.41) is 24.8. The molecule has 450 valence electrons. The van der Waals surface area contributed by atoms with Crippen molar-refractivity contribution >= 4 is 72.1 Å². The van der Waals surface area contributed by atoms with Gasteiger partial charge < -0.3 is 30.1 Å². The van der Waals surface area contributed by atoms with Crippen molar-refractivity contribution in [2.24, 2.45) is 0 Å². The SMILES string of the molecule is Cc1cc(C)c2[nH]ccc2c1.Cc1ccc2c(c1)CC(=O)N2.Cc1ccc2c(c1)CCCN2.Cc1ccc2c(c1)OCO2.Cc1ccc2n[nH]c(C(F)(F)F)c2c1.Cc1ccc2n[nH]nc2c1.Cc1ccc2nc[nH]c2c1.Cc1ccc2ncccc2c1. The van der Waals surface area contributed by atoms with E-state index < -0.39 is 11.9 Å². The monoisotopic (exact) mass is 1180 g/mol. The van der Waals surface area contributed by atoms with Crippen molar-refractivity contribution in [1.29, 1.82) is 0 Å². The number of nitrogens with one attached hydrogen (secondary N) is 6. The molecule has 8 aromatic carbocycles. The van der Waals surface area contributed by atoms with Crippen molar-refractivity contribution in [2.75, 3.05) is 24.0 Å². The molecule has 3 aliphatic heterocycles. The molecule has 0 saturated carbocycles. The molecule has 0 saturated heterocycles. The molecule has 0 bridgehead atoms. The quantitative estimate of drug-likeness (QED) is 0.0859. The van der Waals surface area contributed by atoms with E-state index >= 15 is 0 Å². The summed E-state index contributed by atoms with van der Waals surface area (Å²) < 4.78 is 47.5. The molecule has 0 fully saturated rings. The summed E-state index contributed by atoms with van der Waals surface area (Å²) in [7, 11) is 0. The predicted molar refractivity (Wildman–Crippen MR) is 348 cm³/mol. The topological polar surface area (TPSA) is 187 Å². The lowest BCUT2D eigenvalue weighted by Gasteiger charge is -2.17. The fraction of sp³-hybridized carbons (Fsp3) is 0.211. The molecular formula is C71H72F3N11O3. The van der Waals surface area contributed by atoms with E-state index in [0.29, 0.717) is 18.7 Å². The lowest BCUT2D eigenvalue weighted by atomic mass is 10.0. The number of amides is 1. The average Bonchev–Trinajstić information content (AvgIpc) is 4.03. The van der Waals surface area contributed by atoms with E-state index in [1.807, 2.05) is 111 Å². The minimum Gasteiger partial charge on any atom is -0.454 e. The van der Waals surface area contributed by atoms with Gasteiger partial charge in [-0.25, -0.2) is 4.98 Å². The number of nitrogens with zero attached hydrogens (tertiary/aromatic N) is 5. The molecule has 0 radical (unpaired) electrons. The highest BCUT2D eigenvalue weighted by Gasteiger charge is 2.35. The Labute approximate surface area is 509 Å². The van der Waals surface area contributed by atoms with Crippen LogP contribution >= 0.6 is 0 Å². The summed E-state index contributed by atoms with van der Waals surface area (Å²) in [6.07, 6.45) is 4.19. The van der Waals surface area contributed by atoms with Gasteiger partial charge in [0, 0.05) is 46.6 Å². The fourth-order valence-corrected chi connectivity index (χ4v) is 10.0. The van der Waals surface area contributed by atoms with E-state index in [1.165, 1.54) is 91.0 Å². The predicted octanol–water partition coefficient (Wildman–Crippen LogP) is 16.9. The van der Waals surface area contributed by atoms with Crippen molar-refractivity contribution in [2.45, 2.75) is 87.8 Å². The Hall–Kier alpha value is -10.3. The highest BCUT2D eigenvalue weighted by Crippen LogP contribution is 2.34. The van der Waals surface area contributed by atoms with Crippen molar-refractivity contribution in [3.8, 4) is 11.5 Å². The fourth-order valence-electron chi connectivity index (χ4n) is 10.0. The Morgan fingerprint density at radius 3 is 1.92 bits per heavy atom. The van der Waals surface area contributed by atoms with Gasteiger partial charge in [-0.15, -0.1) is 0 Å². The first kappa shape index (κ1) is 62.2. The lowest BCUT2D eigenvalue weighted by molar-refractivity contribution is -0.140. The number of halogens is 3. The maximum atomic E-state index is 12.4. The molecular weight excluding hydrogens is 1110 g/mol. The van der Waals surface area contributed by atoms with Crippen LogP contribution in [-0.4, -0.2) is 64.8 Å². The summed E-state index contributed by atoms with van der Waals surface area (Å²) in [6, 6.07) is 52.2. The van der Waals surface area contributed by atoms with E-state index in [4.69, 9.17) is 9.47 Å². The van der Waals surface area contributed by atoms with Crippen LogP contribution in [0.3, 0.4) is 0 Å². The van der Waals surface area contributed by atoms with Gasteiger partial charge >= 0.3 is 6.18 Å². The van der Waals surface area contributed by atoms with Crippen LogP contribution in [0.25, 0.3) is 54.8 Å². The van der Waals surface area contributed by atoms with Crippen LogP contribution in [0.4, 0.5) is 24.5 Å². The number of carbonyl (C=O) groups is 1. The third-order valence-corrected chi connectivity index (χ3v) is 14.4. The van der Waals surface area contributed by atoms with E-state index in [9.17, 15) is 18.0 Å². The second kappa shape index (κ2) is 28.7. The van der Waals surface area contributed by atoms with E-state index in [1.54, 1.807) is 25.4 Å². The minimum absolute atomic E-state index is 0.102. The summed E-state index contributed by atoms with van der Waals surface area (Å²) in [6.45, 7) is 19.9. The first-order valence-electron chi connectivity index (χ1n) is 29.0. The number of hydrogen-bond donors (Lipinski definition) is 6. The Morgan fingerprint density at radius 1 is 0.511 bits per heavy atom. The maximum absolute atomic E-state index is 12.4. The molecule has 0 spiro atoms. The molecule has 16 rings (SSSR count). The number of fused-ring (bicyclic) bond motifs is 8. The zero-order valence-corrected chi connectivity index (χ0v) is 50.9. The van der Waals surface area contributed by atoms with Crippen LogP contribution < -0.4 is 20.1 Å². The van der Waals surface area contributed by atoms with Gasteiger partial charge in [0.05, 0.1) is 34.8 Å².